The number of hydrogen-bond acceptors (Lipinski definition) is 4. The molecule has 1 aromatic heterocycles. The Morgan fingerprint density at radius 2 is 1.91 bits per heavy atom. The Kier molecular flexibility index (Phi) is 5.35. The van der Waals surface area contributed by atoms with E-state index in [-0.39, 0.29) is 5.56 Å². The van der Waals surface area contributed by atoms with Gasteiger partial charge < -0.3 is 10.1 Å². The van der Waals surface area contributed by atoms with Gasteiger partial charge in [-0.3, -0.25) is 9.78 Å². The van der Waals surface area contributed by atoms with Crippen molar-refractivity contribution in [3.05, 3.63) is 58.3 Å². The third kappa shape index (κ3) is 4.44. The van der Waals surface area contributed by atoms with E-state index in [2.05, 4.69) is 10.3 Å². The molecule has 5 nitrogen and oxygen atoms in total. The van der Waals surface area contributed by atoms with Gasteiger partial charge in [-0.25, -0.2) is 4.79 Å². The monoisotopic (exact) mass is 338 g/mol. The SMILES string of the molecule is CC(OC(=O)c1cccnc1)C(=O)Nc1cc(Cl)cc(Cl)c1. The zero-order valence-electron chi connectivity index (χ0n) is 11.5. The zero-order chi connectivity index (χ0) is 16.1. The Hall–Kier alpha value is -2.11. The van der Waals surface area contributed by atoms with Crippen molar-refractivity contribution in [3.63, 3.8) is 0 Å². The fourth-order valence-electron chi connectivity index (χ4n) is 1.64. The summed E-state index contributed by atoms with van der Waals surface area (Å²) in [6.45, 7) is 1.47. The molecule has 1 aromatic carbocycles. The summed E-state index contributed by atoms with van der Waals surface area (Å²) in [6, 6.07) is 7.79. The van der Waals surface area contributed by atoms with E-state index in [9.17, 15) is 9.59 Å². The highest BCUT2D eigenvalue weighted by Gasteiger charge is 2.19. The number of nitrogens with one attached hydrogen (secondary N) is 1. The lowest BCUT2D eigenvalue weighted by atomic mass is 10.2. The van der Waals surface area contributed by atoms with Crippen LogP contribution in [-0.4, -0.2) is 23.0 Å². The van der Waals surface area contributed by atoms with Gasteiger partial charge in [0.25, 0.3) is 5.91 Å². The summed E-state index contributed by atoms with van der Waals surface area (Å²) in [7, 11) is 0. The number of pyridine rings is 1. The summed E-state index contributed by atoms with van der Waals surface area (Å²) in [5, 5.41) is 3.36. The molecule has 1 N–H and O–H groups in total. The number of anilines is 1. The molecule has 22 heavy (non-hydrogen) atoms. The van der Waals surface area contributed by atoms with Gasteiger partial charge >= 0.3 is 5.97 Å². The molecule has 7 heteroatoms. The predicted octanol–water partition coefficient (Wildman–Crippen LogP) is 3.57. The van der Waals surface area contributed by atoms with Crippen molar-refractivity contribution in [1.29, 1.82) is 0 Å². The number of nitrogens with zero attached hydrogens (tertiary/aromatic N) is 1. The highest BCUT2D eigenvalue weighted by molar-refractivity contribution is 6.35. The molecule has 2 rings (SSSR count). The number of ether oxygens (including phenoxy) is 1. The Bertz CT molecular complexity index is 672. The molecule has 1 amide bonds. The van der Waals surface area contributed by atoms with E-state index in [1.54, 1.807) is 30.3 Å². The maximum Gasteiger partial charge on any atom is 0.340 e. The lowest BCUT2D eigenvalue weighted by Gasteiger charge is -2.13. The van der Waals surface area contributed by atoms with E-state index < -0.39 is 18.0 Å². The van der Waals surface area contributed by atoms with Crippen LogP contribution in [-0.2, 0) is 9.53 Å². The van der Waals surface area contributed by atoms with Gasteiger partial charge in [0.2, 0.25) is 0 Å². The Balaban J connectivity index is 1.99. The van der Waals surface area contributed by atoms with Gasteiger partial charge in [0.15, 0.2) is 6.10 Å². The summed E-state index contributed by atoms with van der Waals surface area (Å²) < 4.78 is 5.07. The number of amides is 1. The maximum atomic E-state index is 12.0. The lowest BCUT2D eigenvalue weighted by Crippen LogP contribution is -2.30. The Morgan fingerprint density at radius 1 is 1.23 bits per heavy atom. The molecule has 0 fully saturated rings. The number of esters is 1. The topological polar surface area (TPSA) is 68.3 Å². The summed E-state index contributed by atoms with van der Waals surface area (Å²) in [5.41, 5.74) is 0.694. The van der Waals surface area contributed by atoms with E-state index in [1.165, 1.54) is 19.3 Å². The average Bonchev–Trinajstić information content (AvgIpc) is 2.46. The third-order valence-electron chi connectivity index (χ3n) is 2.68. The second kappa shape index (κ2) is 7.24. The minimum absolute atomic E-state index is 0.271. The quantitative estimate of drug-likeness (QED) is 0.865. The van der Waals surface area contributed by atoms with Gasteiger partial charge in [0.1, 0.15) is 0 Å². The number of carbonyl (C=O) groups is 2. The van der Waals surface area contributed by atoms with Crippen molar-refractivity contribution in [2.45, 2.75) is 13.0 Å². The molecule has 0 aliphatic carbocycles. The lowest BCUT2D eigenvalue weighted by molar-refractivity contribution is -0.123. The molecule has 1 heterocycles. The molecule has 0 spiro atoms. The highest BCUT2D eigenvalue weighted by Crippen LogP contribution is 2.22. The standard InChI is InChI=1S/C15H12Cl2N2O3/c1-9(22-15(21)10-3-2-4-18-8-10)14(20)19-13-6-11(16)5-12(17)7-13/h2-9H,1H3,(H,19,20). The van der Waals surface area contributed by atoms with Gasteiger partial charge in [-0.1, -0.05) is 23.2 Å². The predicted molar refractivity (Wildman–Crippen MR) is 84.2 cm³/mol. The molecular weight excluding hydrogens is 327 g/mol. The maximum absolute atomic E-state index is 12.0. The van der Waals surface area contributed by atoms with Crippen LogP contribution in [0.3, 0.4) is 0 Å². The first-order valence-electron chi connectivity index (χ1n) is 6.33. The van der Waals surface area contributed by atoms with Crippen molar-refractivity contribution in [2.75, 3.05) is 5.32 Å². The van der Waals surface area contributed by atoms with Crippen molar-refractivity contribution in [3.8, 4) is 0 Å². The van der Waals surface area contributed by atoms with Gasteiger partial charge in [-0.15, -0.1) is 0 Å². The second-order valence-electron chi connectivity index (χ2n) is 4.44. The van der Waals surface area contributed by atoms with E-state index >= 15 is 0 Å². The molecule has 2 aromatic rings. The van der Waals surface area contributed by atoms with Crippen LogP contribution in [0.2, 0.25) is 10.0 Å². The molecule has 0 saturated carbocycles. The highest BCUT2D eigenvalue weighted by atomic mass is 35.5. The van der Waals surface area contributed by atoms with Crippen LogP contribution in [0.25, 0.3) is 0 Å². The summed E-state index contributed by atoms with van der Waals surface area (Å²) in [4.78, 5) is 27.7. The van der Waals surface area contributed by atoms with Crippen molar-refractivity contribution >= 4 is 40.8 Å². The molecular formula is C15H12Cl2N2O3. The first-order chi connectivity index (χ1) is 10.5. The van der Waals surface area contributed by atoms with Crippen LogP contribution in [0.1, 0.15) is 17.3 Å². The fraction of sp³-hybridized carbons (Fsp3) is 0.133. The Morgan fingerprint density at radius 3 is 2.50 bits per heavy atom. The number of halogens is 2. The number of aromatic nitrogens is 1. The van der Waals surface area contributed by atoms with Crippen molar-refractivity contribution in [1.82, 2.24) is 4.98 Å². The number of rotatable bonds is 4. The smallest absolute Gasteiger partial charge is 0.340 e. The molecule has 1 atom stereocenters. The van der Waals surface area contributed by atoms with Crippen LogP contribution in [0.4, 0.5) is 5.69 Å². The molecule has 0 aliphatic rings. The molecule has 0 bridgehead atoms. The van der Waals surface area contributed by atoms with Crippen LogP contribution in [0, 0.1) is 0 Å². The second-order valence-corrected chi connectivity index (χ2v) is 5.31. The molecule has 0 aliphatic heterocycles. The minimum Gasteiger partial charge on any atom is -0.449 e. The average molecular weight is 339 g/mol. The number of carbonyl (C=O) groups excluding carboxylic acids is 2. The third-order valence-corrected chi connectivity index (χ3v) is 3.12. The number of hydrogen-bond donors (Lipinski definition) is 1. The van der Waals surface area contributed by atoms with Crippen LogP contribution in [0.5, 0.6) is 0 Å². The molecule has 114 valence electrons. The molecule has 0 saturated heterocycles. The minimum atomic E-state index is -0.981. The number of benzene rings is 1. The normalized spacial score (nSPS) is 11.6. The zero-order valence-corrected chi connectivity index (χ0v) is 13.1. The van der Waals surface area contributed by atoms with Crippen LogP contribution in [0.15, 0.2) is 42.7 Å². The van der Waals surface area contributed by atoms with Gasteiger partial charge in [0.05, 0.1) is 5.56 Å². The van der Waals surface area contributed by atoms with Gasteiger partial charge in [0, 0.05) is 28.1 Å². The first kappa shape index (κ1) is 16.3. The molecule has 0 radical (unpaired) electrons. The summed E-state index contributed by atoms with van der Waals surface area (Å²) in [6.07, 6.45) is 1.92. The first-order valence-corrected chi connectivity index (χ1v) is 7.09. The van der Waals surface area contributed by atoms with E-state index in [0.29, 0.717) is 15.7 Å². The van der Waals surface area contributed by atoms with Crippen LogP contribution < -0.4 is 5.32 Å². The van der Waals surface area contributed by atoms with E-state index in [4.69, 9.17) is 27.9 Å². The van der Waals surface area contributed by atoms with E-state index in [1.807, 2.05) is 0 Å². The Labute approximate surface area is 137 Å². The van der Waals surface area contributed by atoms with Crippen molar-refractivity contribution in [2.24, 2.45) is 0 Å². The van der Waals surface area contributed by atoms with Gasteiger partial charge in [-0.05, 0) is 37.3 Å². The summed E-state index contributed by atoms with van der Waals surface area (Å²) >= 11 is 11.7. The van der Waals surface area contributed by atoms with Crippen LogP contribution >= 0.6 is 23.2 Å². The van der Waals surface area contributed by atoms with Gasteiger partial charge in [-0.2, -0.15) is 0 Å². The van der Waals surface area contributed by atoms with Crippen molar-refractivity contribution < 1.29 is 14.3 Å². The fourth-order valence-corrected chi connectivity index (χ4v) is 2.16. The molecule has 1 unspecified atom stereocenters. The largest absolute Gasteiger partial charge is 0.449 e. The summed E-state index contributed by atoms with van der Waals surface area (Å²) in [5.74, 6) is -1.12. The van der Waals surface area contributed by atoms with E-state index in [0.717, 1.165) is 0 Å².